The van der Waals surface area contributed by atoms with Gasteiger partial charge in [-0.2, -0.15) is 0 Å². The average molecular weight is 299 g/mol. The van der Waals surface area contributed by atoms with Gasteiger partial charge in [0.05, 0.1) is 5.56 Å². The highest BCUT2D eigenvalue weighted by atomic mass is 127. The van der Waals surface area contributed by atoms with Gasteiger partial charge >= 0.3 is 0 Å². The maximum atomic E-state index is 12.0. The molecule has 0 atom stereocenters. The molecule has 72 valence electrons. The van der Waals surface area contributed by atoms with Gasteiger partial charge in [-0.3, -0.25) is 4.79 Å². The maximum absolute atomic E-state index is 12.0. The smallest absolute Gasteiger partial charge is 0.255 e. The van der Waals surface area contributed by atoms with Crippen molar-refractivity contribution in [2.45, 2.75) is 25.4 Å². The van der Waals surface area contributed by atoms with Gasteiger partial charge in [0.1, 0.15) is 0 Å². The number of nitrogens with zero attached hydrogens (tertiary/aromatic N) is 1. The van der Waals surface area contributed by atoms with E-state index in [-0.39, 0.29) is 5.91 Å². The van der Waals surface area contributed by atoms with E-state index in [1.54, 1.807) is 0 Å². The molecule has 0 unspecified atom stereocenters. The third-order valence-electron chi connectivity index (χ3n) is 2.90. The van der Waals surface area contributed by atoms with Crippen molar-refractivity contribution in [1.82, 2.24) is 4.90 Å². The molecule has 2 aliphatic rings. The monoisotopic (exact) mass is 299 g/mol. The molecule has 0 N–H and O–H groups in total. The maximum Gasteiger partial charge on any atom is 0.255 e. The lowest BCUT2D eigenvalue weighted by molar-refractivity contribution is 0.0766. The number of fused-ring (bicyclic) bond motifs is 1. The van der Waals surface area contributed by atoms with Crippen molar-refractivity contribution in [2.75, 3.05) is 0 Å². The van der Waals surface area contributed by atoms with E-state index in [4.69, 9.17) is 0 Å². The predicted octanol–water partition coefficient (Wildman–Crippen LogP) is 2.41. The van der Waals surface area contributed by atoms with E-state index in [0.717, 1.165) is 15.7 Å². The predicted molar refractivity (Wildman–Crippen MR) is 62.1 cm³/mol. The van der Waals surface area contributed by atoms with Gasteiger partial charge in [0.2, 0.25) is 0 Å². The van der Waals surface area contributed by atoms with Crippen molar-refractivity contribution in [3.05, 3.63) is 32.9 Å². The van der Waals surface area contributed by atoms with Crippen LogP contribution in [0.3, 0.4) is 0 Å². The number of halogens is 1. The Morgan fingerprint density at radius 1 is 1.36 bits per heavy atom. The van der Waals surface area contributed by atoms with Crippen LogP contribution in [0.1, 0.15) is 28.8 Å². The van der Waals surface area contributed by atoms with Crippen molar-refractivity contribution in [3.63, 3.8) is 0 Å². The second kappa shape index (κ2) is 2.95. The fraction of sp³-hybridized carbons (Fsp3) is 0.364. The molecule has 1 heterocycles. The molecule has 14 heavy (non-hydrogen) atoms. The molecule has 0 spiro atoms. The van der Waals surface area contributed by atoms with Crippen LogP contribution in [0.15, 0.2) is 18.2 Å². The topological polar surface area (TPSA) is 20.3 Å². The van der Waals surface area contributed by atoms with Gasteiger partial charge in [0.15, 0.2) is 0 Å². The molecule has 1 aromatic carbocycles. The van der Waals surface area contributed by atoms with Crippen molar-refractivity contribution in [3.8, 4) is 0 Å². The first-order valence-electron chi connectivity index (χ1n) is 4.86. The van der Waals surface area contributed by atoms with E-state index in [9.17, 15) is 4.79 Å². The number of carbonyl (C=O) groups excluding carboxylic acids is 1. The zero-order chi connectivity index (χ0) is 9.71. The number of benzene rings is 1. The number of hydrogen-bond donors (Lipinski definition) is 0. The Kier molecular flexibility index (Phi) is 1.84. The van der Waals surface area contributed by atoms with E-state index < -0.39 is 0 Å². The molecule has 1 amide bonds. The summed E-state index contributed by atoms with van der Waals surface area (Å²) in [4.78, 5) is 14.0. The largest absolute Gasteiger partial charge is 0.331 e. The van der Waals surface area contributed by atoms with Crippen LogP contribution in [-0.2, 0) is 6.54 Å². The van der Waals surface area contributed by atoms with Crippen molar-refractivity contribution in [1.29, 1.82) is 0 Å². The fourth-order valence-corrected chi connectivity index (χ4v) is 2.80. The SMILES string of the molecule is O=C1c2c(I)cccc2CN1C1CC1. The molecule has 0 radical (unpaired) electrons. The molecule has 0 bridgehead atoms. The highest BCUT2D eigenvalue weighted by molar-refractivity contribution is 14.1. The summed E-state index contributed by atoms with van der Waals surface area (Å²) in [7, 11) is 0. The quantitative estimate of drug-likeness (QED) is 0.729. The second-order valence-electron chi connectivity index (χ2n) is 3.94. The number of carbonyl (C=O) groups is 1. The molecule has 3 rings (SSSR count). The molecule has 3 heteroatoms. The van der Waals surface area contributed by atoms with Crippen LogP contribution in [-0.4, -0.2) is 16.8 Å². The summed E-state index contributed by atoms with van der Waals surface area (Å²) in [6.07, 6.45) is 2.38. The highest BCUT2D eigenvalue weighted by Crippen LogP contribution is 2.35. The van der Waals surface area contributed by atoms with E-state index >= 15 is 0 Å². The van der Waals surface area contributed by atoms with Crippen molar-refractivity contribution in [2.24, 2.45) is 0 Å². The van der Waals surface area contributed by atoms with Crippen LogP contribution in [0.5, 0.6) is 0 Å². The lowest BCUT2D eigenvalue weighted by atomic mass is 10.1. The summed E-state index contributed by atoms with van der Waals surface area (Å²) >= 11 is 2.25. The zero-order valence-electron chi connectivity index (χ0n) is 7.66. The van der Waals surface area contributed by atoms with E-state index in [1.807, 2.05) is 17.0 Å². The van der Waals surface area contributed by atoms with Gasteiger partial charge in [0.25, 0.3) is 5.91 Å². The first-order valence-corrected chi connectivity index (χ1v) is 5.93. The van der Waals surface area contributed by atoms with Gasteiger partial charge in [-0.1, -0.05) is 12.1 Å². The van der Waals surface area contributed by atoms with Crippen LogP contribution < -0.4 is 0 Å². The van der Waals surface area contributed by atoms with Crippen LogP contribution >= 0.6 is 22.6 Å². The fourth-order valence-electron chi connectivity index (χ4n) is 2.02. The van der Waals surface area contributed by atoms with Crippen molar-refractivity contribution < 1.29 is 4.79 Å². The number of hydrogen-bond acceptors (Lipinski definition) is 1. The molecular weight excluding hydrogens is 289 g/mol. The summed E-state index contributed by atoms with van der Waals surface area (Å²) in [6, 6.07) is 6.64. The van der Waals surface area contributed by atoms with E-state index in [0.29, 0.717) is 6.04 Å². The number of rotatable bonds is 1. The third kappa shape index (κ3) is 1.18. The summed E-state index contributed by atoms with van der Waals surface area (Å²) < 4.78 is 1.09. The van der Waals surface area contributed by atoms with Crippen LogP contribution in [0.25, 0.3) is 0 Å². The highest BCUT2D eigenvalue weighted by Gasteiger charge is 2.38. The molecule has 0 aromatic heterocycles. The lowest BCUT2D eigenvalue weighted by Gasteiger charge is -2.13. The summed E-state index contributed by atoms with van der Waals surface area (Å²) in [6.45, 7) is 0.829. The Bertz CT molecular complexity index is 412. The van der Waals surface area contributed by atoms with Gasteiger partial charge in [-0.05, 0) is 47.1 Å². The molecule has 1 fully saturated rings. The minimum atomic E-state index is 0.243. The minimum Gasteiger partial charge on any atom is -0.331 e. The van der Waals surface area contributed by atoms with Gasteiger partial charge in [0, 0.05) is 16.2 Å². The standard InChI is InChI=1S/C11H10INO/c12-9-3-1-2-7-6-13(8-4-5-8)11(14)10(7)9/h1-3,8H,4-6H2. The van der Waals surface area contributed by atoms with Gasteiger partial charge < -0.3 is 4.90 Å². The minimum absolute atomic E-state index is 0.243. The molecule has 1 aliphatic heterocycles. The molecule has 2 nitrogen and oxygen atoms in total. The van der Waals surface area contributed by atoms with Crippen LogP contribution in [0, 0.1) is 3.57 Å². The Morgan fingerprint density at radius 3 is 2.79 bits per heavy atom. The van der Waals surface area contributed by atoms with Gasteiger partial charge in [-0.25, -0.2) is 0 Å². The first kappa shape index (κ1) is 8.71. The molecule has 0 saturated heterocycles. The Hall–Kier alpha value is -0.580. The van der Waals surface area contributed by atoms with Crippen LogP contribution in [0.2, 0.25) is 0 Å². The first-order chi connectivity index (χ1) is 6.77. The van der Waals surface area contributed by atoms with E-state index in [1.165, 1.54) is 18.4 Å². The van der Waals surface area contributed by atoms with Crippen molar-refractivity contribution >= 4 is 28.5 Å². The Morgan fingerprint density at radius 2 is 2.14 bits per heavy atom. The Balaban J connectivity index is 2.06. The normalized spacial score (nSPS) is 20.1. The van der Waals surface area contributed by atoms with Crippen LogP contribution in [0.4, 0.5) is 0 Å². The zero-order valence-corrected chi connectivity index (χ0v) is 9.82. The third-order valence-corrected chi connectivity index (χ3v) is 3.80. The van der Waals surface area contributed by atoms with E-state index in [2.05, 4.69) is 28.7 Å². The second-order valence-corrected chi connectivity index (χ2v) is 5.10. The molecule has 1 saturated carbocycles. The van der Waals surface area contributed by atoms with Gasteiger partial charge in [-0.15, -0.1) is 0 Å². The molecular formula is C11H10INO. The lowest BCUT2D eigenvalue weighted by Crippen LogP contribution is -2.26. The average Bonchev–Trinajstić information content (AvgIpc) is 2.93. The molecule has 1 aliphatic carbocycles. The summed E-state index contributed by atoms with van der Waals surface area (Å²) in [5, 5.41) is 0. The number of amides is 1. The summed E-state index contributed by atoms with van der Waals surface area (Å²) in [5.41, 5.74) is 2.15. The molecule has 1 aromatic rings. The summed E-state index contributed by atoms with van der Waals surface area (Å²) in [5.74, 6) is 0.243. The Labute approximate surface area is 96.4 Å².